The molecule has 3 N–H and O–H groups in total. The summed E-state index contributed by atoms with van der Waals surface area (Å²) in [5, 5.41) is 11.7. The average molecular weight is 320 g/mol. The monoisotopic (exact) mass is 320 g/mol. The predicted octanol–water partition coefficient (Wildman–Crippen LogP) is 2.55. The van der Waals surface area contributed by atoms with Gasteiger partial charge in [-0.3, -0.25) is 20.4 Å². The molecule has 0 heterocycles. The zero-order valence-corrected chi connectivity index (χ0v) is 12.8. The molecular weight excluding hydrogens is 304 g/mol. The van der Waals surface area contributed by atoms with E-state index in [2.05, 4.69) is 10.9 Å². The van der Waals surface area contributed by atoms with E-state index in [-0.39, 0.29) is 23.6 Å². The van der Waals surface area contributed by atoms with Gasteiger partial charge < -0.3 is 5.11 Å². The highest BCUT2D eigenvalue weighted by Gasteiger charge is 2.12. The van der Waals surface area contributed by atoms with Gasteiger partial charge in [0.15, 0.2) is 0 Å². The van der Waals surface area contributed by atoms with Crippen molar-refractivity contribution in [3.8, 4) is 5.75 Å². The first-order valence-electron chi connectivity index (χ1n) is 7.49. The summed E-state index contributed by atoms with van der Waals surface area (Å²) >= 11 is 0. The molecule has 0 saturated heterocycles. The number of nitrogens with one attached hydrogen (secondary N) is 2. The van der Waals surface area contributed by atoms with Crippen LogP contribution in [0.5, 0.6) is 5.75 Å². The summed E-state index contributed by atoms with van der Waals surface area (Å²) in [6, 6.07) is 19.7. The number of amides is 2. The molecule has 3 aromatic rings. The Balaban J connectivity index is 1.66. The van der Waals surface area contributed by atoms with Crippen molar-refractivity contribution in [3.05, 3.63) is 77.9 Å². The zero-order chi connectivity index (χ0) is 16.9. The molecule has 0 aromatic heterocycles. The van der Waals surface area contributed by atoms with Crippen molar-refractivity contribution >= 4 is 22.6 Å². The van der Waals surface area contributed by atoms with Crippen LogP contribution < -0.4 is 10.9 Å². The lowest BCUT2D eigenvalue weighted by Gasteiger charge is -2.10. The number of carbonyl (C=O) groups excluding carboxylic acids is 2. The third-order valence-corrected chi connectivity index (χ3v) is 3.70. The first-order chi connectivity index (χ1) is 11.6. The van der Waals surface area contributed by atoms with Gasteiger partial charge in [-0.15, -0.1) is 0 Å². The molecule has 0 aliphatic rings. The van der Waals surface area contributed by atoms with Crippen LogP contribution >= 0.6 is 0 Å². The molecule has 0 saturated carbocycles. The van der Waals surface area contributed by atoms with Gasteiger partial charge in [-0.2, -0.15) is 0 Å². The second-order valence-corrected chi connectivity index (χ2v) is 5.33. The summed E-state index contributed by atoms with van der Waals surface area (Å²) in [6.45, 7) is 0. The Morgan fingerprint density at radius 2 is 1.54 bits per heavy atom. The lowest BCUT2D eigenvalue weighted by atomic mass is 10.0. The molecule has 0 aliphatic heterocycles. The lowest BCUT2D eigenvalue weighted by Crippen LogP contribution is -2.42. The first kappa shape index (κ1) is 15.6. The van der Waals surface area contributed by atoms with Crippen molar-refractivity contribution in [3.63, 3.8) is 0 Å². The molecule has 0 atom stereocenters. The van der Waals surface area contributed by atoms with Gasteiger partial charge in [-0.1, -0.05) is 54.6 Å². The van der Waals surface area contributed by atoms with Crippen molar-refractivity contribution in [2.24, 2.45) is 0 Å². The van der Waals surface area contributed by atoms with Crippen LogP contribution in [-0.4, -0.2) is 16.9 Å². The second kappa shape index (κ2) is 6.83. The molecule has 3 rings (SSSR count). The Morgan fingerprint density at radius 3 is 2.38 bits per heavy atom. The van der Waals surface area contributed by atoms with Crippen LogP contribution in [0.15, 0.2) is 66.7 Å². The summed E-state index contributed by atoms with van der Waals surface area (Å²) in [6.07, 6.45) is 0.141. The fourth-order valence-electron chi connectivity index (χ4n) is 2.52. The number of hydrogen-bond donors (Lipinski definition) is 3. The smallest absolute Gasteiger partial charge is 0.273 e. The van der Waals surface area contributed by atoms with E-state index < -0.39 is 5.91 Å². The van der Waals surface area contributed by atoms with Crippen molar-refractivity contribution in [1.82, 2.24) is 10.9 Å². The maximum atomic E-state index is 12.1. The standard InChI is InChI=1S/C19H16N2O3/c22-17-11-4-3-10-16(17)19(24)21-20-18(23)12-14-8-5-7-13-6-1-2-9-15(13)14/h1-11,22H,12H2,(H,20,23)(H,21,24). The Hall–Kier alpha value is -3.34. The molecule has 5 nitrogen and oxygen atoms in total. The third-order valence-electron chi connectivity index (χ3n) is 3.70. The Bertz CT molecular complexity index is 901. The number of phenolic OH excluding ortho intramolecular Hbond substituents is 1. The minimum Gasteiger partial charge on any atom is -0.507 e. The van der Waals surface area contributed by atoms with Gasteiger partial charge in [0.2, 0.25) is 5.91 Å². The van der Waals surface area contributed by atoms with Gasteiger partial charge in [-0.05, 0) is 28.5 Å². The van der Waals surface area contributed by atoms with Gasteiger partial charge in [0.25, 0.3) is 5.91 Å². The molecule has 2 amide bonds. The third kappa shape index (κ3) is 3.35. The topological polar surface area (TPSA) is 78.4 Å². The van der Waals surface area contributed by atoms with Gasteiger partial charge in [0.05, 0.1) is 12.0 Å². The quantitative estimate of drug-likeness (QED) is 0.649. The highest BCUT2D eigenvalue weighted by Crippen LogP contribution is 2.19. The van der Waals surface area contributed by atoms with E-state index in [0.717, 1.165) is 16.3 Å². The molecule has 0 fully saturated rings. The van der Waals surface area contributed by atoms with Crippen LogP contribution in [0.25, 0.3) is 10.8 Å². The number of hydrazine groups is 1. The van der Waals surface area contributed by atoms with E-state index in [4.69, 9.17) is 0 Å². The number of carbonyl (C=O) groups is 2. The number of benzene rings is 3. The molecular formula is C19H16N2O3. The molecule has 3 aromatic carbocycles. The minimum absolute atomic E-state index is 0.1000. The van der Waals surface area contributed by atoms with Gasteiger partial charge in [0.1, 0.15) is 5.75 Å². The molecule has 0 radical (unpaired) electrons. The van der Waals surface area contributed by atoms with Gasteiger partial charge in [0, 0.05) is 0 Å². The maximum Gasteiger partial charge on any atom is 0.273 e. The number of fused-ring (bicyclic) bond motifs is 1. The highest BCUT2D eigenvalue weighted by molar-refractivity contribution is 5.98. The van der Waals surface area contributed by atoms with Crippen molar-refractivity contribution in [1.29, 1.82) is 0 Å². The number of rotatable bonds is 3. The van der Waals surface area contributed by atoms with Crippen molar-refractivity contribution in [2.75, 3.05) is 0 Å². The number of hydrogen-bond acceptors (Lipinski definition) is 3. The van der Waals surface area contributed by atoms with Gasteiger partial charge >= 0.3 is 0 Å². The number of para-hydroxylation sites is 1. The number of phenols is 1. The molecule has 0 unspecified atom stereocenters. The van der Waals surface area contributed by atoms with E-state index in [1.807, 2.05) is 42.5 Å². The number of aromatic hydroxyl groups is 1. The highest BCUT2D eigenvalue weighted by atomic mass is 16.3. The first-order valence-corrected chi connectivity index (χ1v) is 7.49. The van der Waals surface area contributed by atoms with Crippen molar-refractivity contribution in [2.45, 2.75) is 6.42 Å². The van der Waals surface area contributed by atoms with Crippen LogP contribution in [0.2, 0.25) is 0 Å². The second-order valence-electron chi connectivity index (χ2n) is 5.33. The van der Waals surface area contributed by atoms with Crippen LogP contribution in [0, 0.1) is 0 Å². The predicted molar refractivity (Wildman–Crippen MR) is 91.4 cm³/mol. The lowest BCUT2D eigenvalue weighted by molar-refractivity contribution is -0.121. The van der Waals surface area contributed by atoms with Crippen LogP contribution in [0.4, 0.5) is 0 Å². The minimum atomic E-state index is -0.570. The largest absolute Gasteiger partial charge is 0.507 e. The fourth-order valence-corrected chi connectivity index (χ4v) is 2.52. The molecule has 24 heavy (non-hydrogen) atoms. The fraction of sp³-hybridized carbons (Fsp3) is 0.0526. The van der Waals surface area contributed by atoms with E-state index in [1.165, 1.54) is 12.1 Å². The molecule has 5 heteroatoms. The van der Waals surface area contributed by atoms with E-state index in [1.54, 1.807) is 12.1 Å². The summed E-state index contributed by atoms with van der Waals surface area (Å²) < 4.78 is 0. The Kier molecular flexibility index (Phi) is 4.43. The maximum absolute atomic E-state index is 12.1. The van der Waals surface area contributed by atoms with Crippen molar-refractivity contribution < 1.29 is 14.7 Å². The summed E-state index contributed by atoms with van der Waals surface area (Å²) in [5.74, 6) is -1.05. The Morgan fingerprint density at radius 1 is 0.833 bits per heavy atom. The summed E-state index contributed by atoms with van der Waals surface area (Å²) in [5.41, 5.74) is 5.66. The van der Waals surface area contributed by atoms with Crippen LogP contribution in [-0.2, 0) is 11.2 Å². The normalized spacial score (nSPS) is 10.3. The van der Waals surface area contributed by atoms with Crippen LogP contribution in [0.1, 0.15) is 15.9 Å². The van der Waals surface area contributed by atoms with E-state index in [9.17, 15) is 14.7 Å². The zero-order valence-electron chi connectivity index (χ0n) is 12.8. The molecule has 0 bridgehead atoms. The van der Waals surface area contributed by atoms with Crippen LogP contribution in [0.3, 0.4) is 0 Å². The van der Waals surface area contributed by atoms with E-state index in [0.29, 0.717) is 0 Å². The summed E-state index contributed by atoms with van der Waals surface area (Å²) in [7, 11) is 0. The molecule has 0 aliphatic carbocycles. The Labute approximate surface area is 138 Å². The molecule has 0 spiro atoms. The van der Waals surface area contributed by atoms with E-state index >= 15 is 0 Å². The van der Waals surface area contributed by atoms with Gasteiger partial charge in [-0.25, -0.2) is 0 Å². The average Bonchev–Trinajstić information content (AvgIpc) is 2.60. The SMILES string of the molecule is O=C(Cc1cccc2ccccc12)NNC(=O)c1ccccc1O. The molecule has 120 valence electrons. The summed E-state index contributed by atoms with van der Waals surface area (Å²) in [4.78, 5) is 24.0.